The van der Waals surface area contributed by atoms with Gasteiger partial charge in [-0.3, -0.25) is 9.59 Å². The van der Waals surface area contributed by atoms with E-state index in [-0.39, 0.29) is 27.7 Å². The average Bonchev–Trinajstić information content (AvgIpc) is 2.92. The van der Waals surface area contributed by atoms with Crippen molar-refractivity contribution in [2.45, 2.75) is 18.4 Å². The van der Waals surface area contributed by atoms with Crippen molar-refractivity contribution in [3.05, 3.63) is 47.0 Å². The van der Waals surface area contributed by atoms with Gasteiger partial charge in [0.1, 0.15) is 11.6 Å². The van der Waals surface area contributed by atoms with E-state index in [1.807, 2.05) is 0 Å². The number of carbonyl (C=O) groups is 2. The molecule has 0 saturated carbocycles. The van der Waals surface area contributed by atoms with Crippen LogP contribution < -0.4 is 5.32 Å². The van der Waals surface area contributed by atoms with Gasteiger partial charge >= 0.3 is 5.97 Å². The molecular weight excluding hydrogens is 367 g/mol. The summed E-state index contributed by atoms with van der Waals surface area (Å²) in [6.45, 7) is 1.43. The molecule has 0 radical (unpaired) electrons. The molecule has 10 heteroatoms. The average molecular weight is 384 g/mol. The molecule has 0 bridgehead atoms. The first-order valence-electron chi connectivity index (χ1n) is 7.37. The molecule has 0 fully saturated rings. The van der Waals surface area contributed by atoms with Crippen LogP contribution in [-0.2, 0) is 21.2 Å². The van der Waals surface area contributed by atoms with Crippen LogP contribution in [0.15, 0.2) is 33.8 Å². The zero-order valence-corrected chi connectivity index (χ0v) is 15.1. The number of hydrogen-bond acceptors (Lipinski definition) is 5. The Balaban J connectivity index is 2.25. The van der Waals surface area contributed by atoms with Gasteiger partial charge in [-0.15, -0.1) is 0 Å². The maximum Gasteiger partial charge on any atom is 0.307 e. The first kappa shape index (κ1) is 19.6. The maximum atomic E-state index is 13.9. The second-order valence-electron chi connectivity index (χ2n) is 5.65. The molecule has 2 N–H and O–H groups in total. The summed E-state index contributed by atoms with van der Waals surface area (Å²) < 4.78 is 44.1. The van der Waals surface area contributed by atoms with Gasteiger partial charge in [0.05, 0.1) is 12.0 Å². The van der Waals surface area contributed by atoms with E-state index in [0.717, 1.165) is 16.4 Å². The van der Waals surface area contributed by atoms with Gasteiger partial charge in [-0.25, -0.2) is 17.1 Å². The first-order valence-corrected chi connectivity index (χ1v) is 8.81. The van der Waals surface area contributed by atoms with Gasteiger partial charge in [-0.05, 0) is 24.6 Å². The summed E-state index contributed by atoms with van der Waals surface area (Å²) in [6, 6.07) is 4.69. The van der Waals surface area contributed by atoms with Crippen LogP contribution in [0.5, 0.6) is 0 Å². The molecule has 0 atom stereocenters. The smallest absolute Gasteiger partial charge is 0.307 e. The molecule has 8 nitrogen and oxygen atoms in total. The van der Waals surface area contributed by atoms with E-state index < -0.39 is 34.1 Å². The van der Waals surface area contributed by atoms with Crippen LogP contribution in [0.1, 0.15) is 21.7 Å². The number of halogens is 1. The second-order valence-corrected chi connectivity index (χ2v) is 7.74. The Labute approximate surface area is 149 Å². The SMILES string of the molecule is Cc1oc(S(=O)(=O)N(C)C)cc1C(=O)Nc1ccc(CC(=O)O)c(F)c1. The molecule has 0 spiro atoms. The fourth-order valence-electron chi connectivity index (χ4n) is 2.12. The number of nitrogens with one attached hydrogen (secondary N) is 1. The topological polar surface area (TPSA) is 117 Å². The first-order chi connectivity index (χ1) is 12.0. The quantitative estimate of drug-likeness (QED) is 0.785. The Kier molecular flexibility index (Phi) is 5.47. The Bertz CT molecular complexity index is 965. The third-order valence-corrected chi connectivity index (χ3v) is 5.20. The van der Waals surface area contributed by atoms with Crippen molar-refractivity contribution < 1.29 is 31.9 Å². The van der Waals surface area contributed by atoms with Crippen molar-refractivity contribution in [3.63, 3.8) is 0 Å². The Morgan fingerprint density at radius 3 is 2.46 bits per heavy atom. The van der Waals surface area contributed by atoms with Gasteiger partial charge in [0.25, 0.3) is 15.9 Å². The van der Waals surface area contributed by atoms with E-state index in [4.69, 9.17) is 9.52 Å². The van der Waals surface area contributed by atoms with Gasteiger partial charge in [0.2, 0.25) is 5.09 Å². The molecule has 1 aromatic heterocycles. The normalized spacial score (nSPS) is 11.6. The molecule has 1 amide bonds. The molecule has 0 saturated heterocycles. The summed E-state index contributed by atoms with van der Waals surface area (Å²) in [5.74, 6) is -2.54. The summed E-state index contributed by atoms with van der Waals surface area (Å²) in [7, 11) is -1.18. The number of aliphatic carboxylic acids is 1. The van der Waals surface area contributed by atoms with Crippen molar-refractivity contribution in [2.24, 2.45) is 0 Å². The molecule has 1 heterocycles. The Morgan fingerprint density at radius 1 is 1.27 bits per heavy atom. The largest absolute Gasteiger partial charge is 0.481 e. The van der Waals surface area contributed by atoms with E-state index in [1.165, 1.54) is 33.2 Å². The summed E-state index contributed by atoms with van der Waals surface area (Å²) in [6.07, 6.45) is -0.480. The minimum Gasteiger partial charge on any atom is -0.481 e. The van der Waals surface area contributed by atoms with Gasteiger partial charge in [-0.1, -0.05) is 6.07 Å². The van der Waals surface area contributed by atoms with Crippen LogP contribution in [0, 0.1) is 12.7 Å². The molecule has 0 aliphatic rings. The zero-order valence-electron chi connectivity index (χ0n) is 14.2. The van der Waals surface area contributed by atoms with Gasteiger partial charge in [0, 0.05) is 25.8 Å². The molecule has 140 valence electrons. The molecule has 26 heavy (non-hydrogen) atoms. The van der Waals surface area contributed by atoms with Crippen LogP contribution in [0.2, 0.25) is 0 Å². The number of aryl methyl sites for hydroxylation is 1. The number of carboxylic acid groups (broad SMARTS) is 1. The lowest BCUT2D eigenvalue weighted by molar-refractivity contribution is -0.136. The van der Waals surface area contributed by atoms with Crippen molar-refractivity contribution in [1.29, 1.82) is 0 Å². The minimum atomic E-state index is -3.84. The van der Waals surface area contributed by atoms with Crippen LogP contribution in [-0.4, -0.2) is 43.8 Å². The van der Waals surface area contributed by atoms with Gasteiger partial charge < -0.3 is 14.8 Å². The highest BCUT2D eigenvalue weighted by Gasteiger charge is 2.25. The number of anilines is 1. The number of furan rings is 1. The summed E-state index contributed by atoms with van der Waals surface area (Å²) >= 11 is 0. The van der Waals surface area contributed by atoms with Crippen LogP contribution >= 0.6 is 0 Å². The lowest BCUT2D eigenvalue weighted by Gasteiger charge is -2.07. The van der Waals surface area contributed by atoms with Gasteiger partial charge in [0.15, 0.2) is 0 Å². The number of hydrogen-bond donors (Lipinski definition) is 2. The number of rotatable bonds is 6. The summed E-state index contributed by atoms with van der Waals surface area (Å²) in [5.41, 5.74) is 0.0639. The van der Waals surface area contributed by atoms with Crippen molar-refractivity contribution in [2.75, 3.05) is 19.4 Å². The standard InChI is InChI=1S/C16H17FN2O6S/c1-9-12(8-15(25-9)26(23,24)19(2)3)16(22)18-11-5-4-10(6-14(20)21)13(17)7-11/h4-5,7-8H,6H2,1-3H3,(H,18,22)(H,20,21). The molecule has 0 unspecified atom stereocenters. The number of amides is 1. The summed E-state index contributed by atoms with van der Waals surface area (Å²) in [5, 5.41) is 10.7. The number of benzene rings is 1. The summed E-state index contributed by atoms with van der Waals surface area (Å²) in [4.78, 5) is 23.0. The Morgan fingerprint density at radius 2 is 1.92 bits per heavy atom. The lowest BCUT2D eigenvalue weighted by atomic mass is 10.1. The van der Waals surface area contributed by atoms with Crippen LogP contribution in [0.4, 0.5) is 10.1 Å². The van der Waals surface area contributed by atoms with Crippen LogP contribution in [0.3, 0.4) is 0 Å². The number of carbonyl (C=O) groups excluding carboxylic acids is 1. The van der Waals surface area contributed by atoms with E-state index in [1.54, 1.807) is 0 Å². The Hall–Kier alpha value is -2.72. The van der Waals surface area contributed by atoms with E-state index in [0.29, 0.717) is 0 Å². The maximum absolute atomic E-state index is 13.9. The fraction of sp³-hybridized carbons (Fsp3) is 0.250. The monoisotopic (exact) mass is 384 g/mol. The third-order valence-electron chi connectivity index (χ3n) is 3.53. The second kappa shape index (κ2) is 7.26. The number of sulfonamides is 1. The predicted octanol–water partition coefficient (Wildman–Crippen LogP) is 1.86. The zero-order chi connectivity index (χ0) is 19.6. The molecule has 2 rings (SSSR count). The molecular formula is C16H17FN2O6S. The highest BCUT2D eigenvalue weighted by atomic mass is 32.2. The molecule has 2 aromatic rings. The lowest BCUT2D eigenvalue weighted by Crippen LogP contribution is -2.21. The van der Waals surface area contributed by atoms with Crippen LogP contribution in [0.25, 0.3) is 0 Å². The van der Waals surface area contributed by atoms with Crippen molar-refractivity contribution in [3.8, 4) is 0 Å². The molecule has 0 aliphatic heterocycles. The minimum absolute atomic E-state index is 0.0135. The number of carboxylic acids is 1. The molecule has 1 aromatic carbocycles. The number of nitrogens with zero attached hydrogens (tertiary/aromatic N) is 1. The van der Waals surface area contributed by atoms with E-state index in [9.17, 15) is 22.4 Å². The van der Waals surface area contributed by atoms with Gasteiger partial charge in [-0.2, -0.15) is 0 Å². The predicted molar refractivity (Wildman–Crippen MR) is 90.0 cm³/mol. The third kappa shape index (κ3) is 4.09. The van der Waals surface area contributed by atoms with Crippen molar-refractivity contribution >= 4 is 27.6 Å². The highest BCUT2D eigenvalue weighted by Crippen LogP contribution is 2.23. The van der Waals surface area contributed by atoms with E-state index >= 15 is 0 Å². The van der Waals surface area contributed by atoms with E-state index in [2.05, 4.69) is 5.32 Å². The van der Waals surface area contributed by atoms with Crippen molar-refractivity contribution in [1.82, 2.24) is 4.31 Å². The molecule has 0 aliphatic carbocycles. The fourth-order valence-corrected chi connectivity index (χ4v) is 2.97. The highest BCUT2D eigenvalue weighted by molar-refractivity contribution is 7.88.